The smallest absolute Gasteiger partial charge is 0.213 e. The van der Waals surface area contributed by atoms with E-state index in [0.717, 1.165) is 12.8 Å². The zero-order chi connectivity index (χ0) is 10.6. The van der Waals surface area contributed by atoms with Gasteiger partial charge in [-0.05, 0) is 31.0 Å². The van der Waals surface area contributed by atoms with Crippen LogP contribution in [0.15, 0.2) is 0 Å². The maximum absolute atomic E-state index is 10.5. The van der Waals surface area contributed by atoms with E-state index in [1.165, 1.54) is 0 Å². The highest BCUT2D eigenvalue weighted by atomic mass is 32.1. The van der Waals surface area contributed by atoms with E-state index < -0.39 is 0 Å². The molecule has 0 aromatic carbocycles. The molecule has 1 rings (SSSR count). The highest BCUT2D eigenvalue weighted by Crippen LogP contribution is 2.25. The van der Waals surface area contributed by atoms with Gasteiger partial charge in [0.2, 0.25) is 6.04 Å². The fourth-order valence-electron chi connectivity index (χ4n) is 1.76. The molecule has 5 heteroatoms. The Morgan fingerprint density at radius 3 is 2.50 bits per heavy atom. The number of ether oxygens (including phenoxy) is 1. The van der Waals surface area contributed by atoms with E-state index in [2.05, 4.69) is 0 Å². The highest BCUT2D eigenvalue weighted by molar-refractivity contribution is 7.80. The molecule has 1 aliphatic rings. The number of rotatable bonds is 3. The van der Waals surface area contributed by atoms with E-state index in [-0.39, 0.29) is 11.0 Å². The van der Waals surface area contributed by atoms with E-state index in [9.17, 15) is 10.1 Å². The Morgan fingerprint density at radius 2 is 2.07 bits per heavy atom. The molecule has 1 aliphatic carbocycles. The van der Waals surface area contributed by atoms with Crippen molar-refractivity contribution in [2.45, 2.75) is 38.6 Å². The molecular weight excluding hydrogens is 202 g/mol. The molecule has 1 fully saturated rings. The average Bonchev–Trinajstić information content (AvgIpc) is 2.15. The first-order valence-electron chi connectivity index (χ1n) is 4.86. The van der Waals surface area contributed by atoms with Crippen LogP contribution in [0, 0.1) is 16.0 Å². The number of hydrogen-bond donors (Lipinski definition) is 0. The molecule has 0 saturated heterocycles. The lowest BCUT2D eigenvalue weighted by Crippen LogP contribution is -2.28. The van der Waals surface area contributed by atoms with Crippen molar-refractivity contribution in [1.29, 1.82) is 0 Å². The summed E-state index contributed by atoms with van der Waals surface area (Å²) in [5.74, 6) is 0.448. The first kappa shape index (κ1) is 11.4. The van der Waals surface area contributed by atoms with E-state index in [1.54, 1.807) is 6.92 Å². The second kappa shape index (κ2) is 5.24. The molecule has 0 amide bonds. The van der Waals surface area contributed by atoms with Crippen LogP contribution in [0.1, 0.15) is 32.6 Å². The zero-order valence-electron chi connectivity index (χ0n) is 8.27. The van der Waals surface area contributed by atoms with Crippen molar-refractivity contribution >= 4 is 17.3 Å². The molecule has 0 bridgehead atoms. The quantitative estimate of drug-likeness (QED) is 0.413. The average molecular weight is 217 g/mol. The Morgan fingerprint density at radius 1 is 1.50 bits per heavy atom. The van der Waals surface area contributed by atoms with E-state index in [4.69, 9.17) is 17.0 Å². The summed E-state index contributed by atoms with van der Waals surface area (Å²) >= 11 is 4.80. The standard InChI is InChI=1S/C9H15NO3S/c1-7(14)13-6-8-2-4-9(5-3-8)10(11)12/h8-9H,2-6H2,1H3. The minimum absolute atomic E-state index is 0.165. The summed E-state index contributed by atoms with van der Waals surface area (Å²) in [5.41, 5.74) is 0. The van der Waals surface area contributed by atoms with Crippen LogP contribution in [-0.4, -0.2) is 22.6 Å². The molecule has 0 spiro atoms. The summed E-state index contributed by atoms with van der Waals surface area (Å²) in [7, 11) is 0. The predicted octanol–water partition coefficient (Wildman–Crippen LogP) is 2.19. The summed E-state index contributed by atoms with van der Waals surface area (Å²) in [6, 6.07) is -0.333. The van der Waals surface area contributed by atoms with Gasteiger partial charge in [0.1, 0.15) is 0 Å². The first-order valence-corrected chi connectivity index (χ1v) is 5.27. The molecule has 0 aromatic heterocycles. The van der Waals surface area contributed by atoms with Gasteiger partial charge in [-0.3, -0.25) is 10.1 Å². The van der Waals surface area contributed by atoms with Gasteiger partial charge in [0.05, 0.1) is 6.61 Å². The van der Waals surface area contributed by atoms with Gasteiger partial charge in [0, 0.05) is 24.7 Å². The molecular formula is C9H15NO3S. The van der Waals surface area contributed by atoms with Crippen LogP contribution in [0.25, 0.3) is 0 Å². The lowest BCUT2D eigenvalue weighted by Gasteiger charge is -2.23. The van der Waals surface area contributed by atoms with Crippen molar-refractivity contribution < 1.29 is 9.66 Å². The van der Waals surface area contributed by atoms with Crippen molar-refractivity contribution in [3.05, 3.63) is 10.1 Å². The van der Waals surface area contributed by atoms with Gasteiger partial charge < -0.3 is 4.74 Å². The predicted molar refractivity (Wildman–Crippen MR) is 57.0 cm³/mol. The number of hydrogen-bond acceptors (Lipinski definition) is 4. The number of nitro groups is 1. The van der Waals surface area contributed by atoms with Gasteiger partial charge in [-0.15, -0.1) is 0 Å². The Kier molecular flexibility index (Phi) is 4.25. The van der Waals surface area contributed by atoms with Crippen LogP contribution < -0.4 is 0 Å². The fourth-order valence-corrected chi connectivity index (χ4v) is 1.83. The Balaban J connectivity index is 2.22. The maximum Gasteiger partial charge on any atom is 0.213 e. The molecule has 0 atom stereocenters. The number of thiocarbonyl (C=S) groups is 1. The van der Waals surface area contributed by atoms with E-state index in [1.807, 2.05) is 0 Å². The minimum Gasteiger partial charge on any atom is -0.487 e. The lowest BCUT2D eigenvalue weighted by atomic mass is 9.87. The van der Waals surface area contributed by atoms with Crippen molar-refractivity contribution in [2.24, 2.45) is 5.92 Å². The monoisotopic (exact) mass is 217 g/mol. The van der Waals surface area contributed by atoms with Crippen molar-refractivity contribution in [1.82, 2.24) is 0 Å². The topological polar surface area (TPSA) is 52.4 Å². The zero-order valence-corrected chi connectivity index (χ0v) is 9.09. The molecule has 0 aliphatic heterocycles. The molecule has 14 heavy (non-hydrogen) atoms. The Bertz CT molecular complexity index is 224. The second-order valence-corrected chi connectivity index (χ2v) is 4.34. The molecule has 4 nitrogen and oxygen atoms in total. The summed E-state index contributed by atoms with van der Waals surface area (Å²) < 4.78 is 5.24. The summed E-state index contributed by atoms with van der Waals surface area (Å²) in [6.45, 7) is 2.37. The fraction of sp³-hybridized carbons (Fsp3) is 0.889. The van der Waals surface area contributed by atoms with Gasteiger partial charge in [0.25, 0.3) is 0 Å². The van der Waals surface area contributed by atoms with Gasteiger partial charge in [0.15, 0.2) is 5.05 Å². The molecule has 80 valence electrons. The first-order chi connectivity index (χ1) is 6.59. The van der Waals surface area contributed by atoms with E-state index in [0.29, 0.717) is 30.4 Å². The van der Waals surface area contributed by atoms with E-state index >= 15 is 0 Å². The van der Waals surface area contributed by atoms with Crippen molar-refractivity contribution in [3.63, 3.8) is 0 Å². The highest BCUT2D eigenvalue weighted by Gasteiger charge is 2.28. The maximum atomic E-state index is 10.5. The third-order valence-electron chi connectivity index (χ3n) is 2.64. The van der Waals surface area contributed by atoms with Gasteiger partial charge in [-0.1, -0.05) is 0 Å². The lowest BCUT2D eigenvalue weighted by molar-refractivity contribution is -0.527. The van der Waals surface area contributed by atoms with Crippen LogP contribution in [0.2, 0.25) is 0 Å². The van der Waals surface area contributed by atoms with Crippen molar-refractivity contribution in [3.8, 4) is 0 Å². The van der Waals surface area contributed by atoms with Crippen LogP contribution in [-0.2, 0) is 4.74 Å². The summed E-state index contributed by atoms with van der Waals surface area (Å²) in [5, 5.41) is 11.0. The molecule has 1 saturated carbocycles. The second-order valence-electron chi connectivity index (χ2n) is 3.76. The summed E-state index contributed by atoms with van der Waals surface area (Å²) in [6.07, 6.45) is 3.12. The van der Waals surface area contributed by atoms with Gasteiger partial charge in [-0.2, -0.15) is 0 Å². The van der Waals surface area contributed by atoms with Crippen LogP contribution in [0.3, 0.4) is 0 Å². The van der Waals surface area contributed by atoms with Crippen LogP contribution >= 0.6 is 12.2 Å². The van der Waals surface area contributed by atoms with Crippen LogP contribution in [0.4, 0.5) is 0 Å². The SMILES string of the molecule is CC(=S)OCC1CCC([N+](=O)[O-])CC1. The minimum atomic E-state index is -0.333. The Labute approximate surface area is 88.8 Å². The number of nitrogens with zero attached hydrogens (tertiary/aromatic N) is 1. The van der Waals surface area contributed by atoms with Gasteiger partial charge in [-0.25, -0.2) is 0 Å². The Hall–Kier alpha value is -0.710. The molecule has 0 radical (unpaired) electrons. The molecule has 0 aromatic rings. The third-order valence-corrected chi connectivity index (χ3v) is 2.75. The van der Waals surface area contributed by atoms with Crippen LogP contribution in [0.5, 0.6) is 0 Å². The third kappa shape index (κ3) is 3.57. The molecule has 0 unspecified atom stereocenters. The largest absolute Gasteiger partial charge is 0.487 e. The summed E-state index contributed by atoms with van der Waals surface area (Å²) in [4.78, 5) is 10.3. The van der Waals surface area contributed by atoms with Crippen molar-refractivity contribution in [2.75, 3.05) is 6.61 Å². The van der Waals surface area contributed by atoms with Gasteiger partial charge >= 0.3 is 0 Å². The molecule has 0 heterocycles. The normalized spacial score (nSPS) is 26.9. The molecule has 0 N–H and O–H groups in total.